The summed E-state index contributed by atoms with van der Waals surface area (Å²) < 4.78 is 23.8. The zero-order chi connectivity index (χ0) is 20.4. The average Bonchev–Trinajstić information content (AvgIpc) is 3.55. The Kier molecular flexibility index (Phi) is 2.70. The summed E-state index contributed by atoms with van der Waals surface area (Å²) in [6.45, 7) is 6.11. The van der Waals surface area contributed by atoms with Crippen molar-refractivity contribution in [3.05, 3.63) is 11.1 Å². The fraction of sp³-hybridized carbons (Fsp3) is 0.857. The molecule has 3 aliphatic carbocycles. The van der Waals surface area contributed by atoms with E-state index in [1.807, 2.05) is 6.92 Å². The Bertz CT molecular complexity index is 916. The summed E-state index contributed by atoms with van der Waals surface area (Å²) >= 11 is 0. The molecule has 11 atom stereocenters. The van der Waals surface area contributed by atoms with Gasteiger partial charge >= 0.3 is 5.97 Å². The molecule has 4 heterocycles. The number of epoxide rings is 3. The molecule has 4 aliphatic heterocycles. The van der Waals surface area contributed by atoms with Crippen molar-refractivity contribution in [3.63, 3.8) is 0 Å². The molecule has 0 aromatic heterocycles. The van der Waals surface area contributed by atoms with E-state index < -0.39 is 52.3 Å². The Morgan fingerprint density at radius 2 is 1.97 bits per heavy atom. The van der Waals surface area contributed by atoms with Gasteiger partial charge < -0.3 is 34.3 Å². The van der Waals surface area contributed by atoms with Gasteiger partial charge in [0, 0.05) is 23.0 Å². The Balaban J connectivity index is 1.40. The largest absolute Gasteiger partial charge is 0.428 e. The third kappa shape index (κ3) is 1.39. The molecule has 0 bridgehead atoms. The second-order valence-electron chi connectivity index (χ2n) is 10.3. The van der Waals surface area contributed by atoms with E-state index in [-0.39, 0.29) is 30.1 Å². The molecule has 3 N–H and O–H groups in total. The van der Waals surface area contributed by atoms with Gasteiger partial charge in [0.2, 0.25) is 6.29 Å². The zero-order valence-corrected chi connectivity index (χ0v) is 16.7. The summed E-state index contributed by atoms with van der Waals surface area (Å²) in [4.78, 5) is 12.2. The lowest BCUT2D eigenvalue weighted by Crippen LogP contribution is -2.74. The highest BCUT2D eigenvalue weighted by Crippen LogP contribution is 2.83. The summed E-state index contributed by atoms with van der Waals surface area (Å²) in [5.74, 6) is -0.409. The minimum Gasteiger partial charge on any atom is -0.428 e. The van der Waals surface area contributed by atoms with Crippen molar-refractivity contribution in [1.82, 2.24) is 0 Å². The summed E-state index contributed by atoms with van der Waals surface area (Å²) in [6.07, 6.45) is -1.31. The standard InChI is InChI=1S/C21H26O8/c1-4-8(2)19-12(28-19)13-21(29-13)17(3)6-5-9-11(15(23)26-14(9)22)18(17,25)7-10-20(21,27-10)16(19)24/h8,10,12-13,15-16,23-25H,4-7H2,1-3H3/t8?,10-,12-,13-,15+,16+,17-,18+,19-,20+,21+/m0/s1. The van der Waals surface area contributed by atoms with Crippen molar-refractivity contribution >= 4 is 5.97 Å². The topological polar surface area (TPSA) is 125 Å². The van der Waals surface area contributed by atoms with E-state index in [0.29, 0.717) is 18.4 Å². The van der Waals surface area contributed by atoms with Gasteiger partial charge in [0.25, 0.3) is 0 Å². The summed E-state index contributed by atoms with van der Waals surface area (Å²) in [5, 5.41) is 34.0. The number of ether oxygens (including phenoxy) is 4. The summed E-state index contributed by atoms with van der Waals surface area (Å²) in [6, 6.07) is 0. The van der Waals surface area contributed by atoms with Gasteiger partial charge in [0.15, 0.2) is 5.60 Å². The fourth-order valence-corrected chi connectivity index (χ4v) is 7.98. The second kappa shape index (κ2) is 4.45. The van der Waals surface area contributed by atoms with Gasteiger partial charge in [0.1, 0.15) is 35.1 Å². The maximum Gasteiger partial charge on any atom is 0.336 e. The van der Waals surface area contributed by atoms with E-state index in [2.05, 4.69) is 13.8 Å². The van der Waals surface area contributed by atoms with Gasteiger partial charge in [-0.15, -0.1) is 0 Å². The van der Waals surface area contributed by atoms with E-state index in [1.165, 1.54) is 0 Å². The zero-order valence-electron chi connectivity index (χ0n) is 16.7. The van der Waals surface area contributed by atoms with Gasteiger partial charge in [-0.3, -0.25) is 0 Å². The minimum atomic E-state index is -1.50. The number of aliphatic hydroxyl groups is 3. The van der Waals surface area contributed by atoms with Crippen molar-refractivity contribution in [2.75, 3.05) is 0 Å². The highest BCUT2D eigenvalue weighted by Gasteiger charge is 3.02. The molecule has 29 heavy (non-hydrogen) atoms. The smallest absolute Gasteiger partial charge is 0.336 e. The Morgan fingerprint density at radius 1 is 1.21 bits per heavy atom. The summed E-state index contributed by atoms with van der Waals surface area (Å²) in [5.41, 5.74) is -4.21. The van der Waals surface area contributed by atoms with Crippen molar-refractivity contribution in [2.24, 2.45) is 11.3 Å². The number of aliphatic hydroxyl groups excluding tert-OH is 2. The fourth-order valence-electron chi connectivity index (χ4n) is 7.98. The van der Waals surface area contributed by atoms with E-state index in [0.717, 1.165) is 6.42 Å². The minimum absolute atomic E-state index is 0.154. The van der Waals surface area contributed by atoms with Gasteiger partial charge in [-0.25, -0.2) is 4.79 Å². The first-order chi connectivity index (χ1) is 13.7. The SMILES string of the molecule is CCC(C)[C@]12O[C@H]1[C@@H]1O[C@]13[C@]1(O[C@H]1C[C@@]1(O)C4=C(CC[C@]31C)C(=O)O[C@H]4O)[C@@H]2O. The number of fused-ring (bicyclic) bond motifs is 4. The van der Waals surface area contributed by atoms with Crippen LogP contribution in [0.25, 0.3) is 0 Å². The van der Waals surface area contributed by atoms with Crippen LogP contribution in [0.15, 0.2) is 11.1 Å². The lowest BCUT2D eigenvalue weighted by molar-refractivity contribution is -0.176. The number of hydrogen-bond donors (Lipinski definition) is 3. The number of carbonyl (C=O) groups excluding carboxylic acids is 1. The molecule has 0 amide bonds. The lowest BCUT2D eigenvalue weighted by Gasteiger charge is -2.57. The predicted molar refractivity (Wildman–Crippen MR) is 94.3 cm³/mol. The number of rotatable bonds is 2. The third-order valence-electron chi connectivity index (χ3n) is 9.78. The molecule has 7 aliphatic rings. The molecule has 8 nitrogen and oxygen atoms in total. The number of carbonyl (C=O) groups is 1. The molecule has 0 aromatic rings. The maximum absolute atomic E-state index is 12.2. The van der Waals surface area contributed by atoms with Gasteiger partial charge in [-0.05, 0) is 18.8 Å². The Morgan fingerprint density at radius 3 is 2.69 bits per heavy atom. The first-order valence-corrected chi connectivity index (χ1v) is 10.7. The monoisotopic (exact) mass is 406 g/mol. The first-order valence-electron chi connectivity index (χ1n) is 10.7. The molecule has 8 heteroatoms. The van der Waals surface area contributed by atoms with Crippen LogP contribution in [0.1, 0.15) is 46.5 Å². The van der Waals surface area contributed by atoms with E-state index in [4.69, 9.17) is 18.9 Å². The van der Waals surface area contributed by atoms with Crippen LogP contribution in [0.4, 0.5) is 0 Å². The van der Waals surface area contributed by atoms with Crippen LogP contribution < -0.4 is 0 Å². The van der Waals surface area contributed by atoms with Crippen LogP contribution in [0.3, 0.4) is 0 Å². The van der Waals surface area contributed by atoms with Gasteiger partial charge in [-0.1, -0.05) is 27.2 Å². The lowest BCUT2D eigenvalue weighted by atomic mass is 9.44. The molecule has 5 fully saturated rings. The van der Waals surface area contributed by atoms with Crippen molar-refractivity contribution in [3.8, 4) is 0 Å². The van der Waals surface area contributed by atoms with E-state index in [9.17, 15) is 20.1 Å². The Labute approximate surface area is 167 Å². The van der Waals surface area contributed by atoms with Crippen molar-refractivity contribution in [2.45, 2.75) is 99.6 Å². The number of cyclic esters (lactones) is 1. The molecule has 0 aromatic carbocycles. The molecular formula is C21H26O8. The van der Waals surface area contributed by atoms with E-state index >= 15 is 0 Å². The Hall–Kier alpha value is -1.03. The molecule has 158 valence electrons. The quantitative estimate of drug-likeness (QED) is 0.430. The molecule has 7 rings (SSSR count). The van der Waals surface area contributed by atoms with Gasteiger partial charge in [0.05, 0.1) is 6.10 Å². The van der Waals surface area contributed by atoms with Crippen molar-refractivity contribution < 1.29 is 39.1 Å². The van der Waals surface area contributed by atoms with Crippen LogP contribution in [0, 0.1) is 11.3 Å². The molecule has 2 spiro atoms. The highest BCUT2D eigenvalue weighted by atomic mass is 16.7. The molecule has 3 saturated heterocycles. The average molecular weight is 406 g/mol. The van der Waals surface area contributed by atoms with Crippen LogP contribution in [-0.4, -0.2) is 74.4 Å². The number of esters is 1. The van der Waals surface area contributed by atoms with Crippen LogP contribution >= 0.6 is 0 Å². The first kappa shape index (κ1) is 17.6. The normalized spacial score (nSPS) is 63.9. The highest BCUT2D eigenvalue weighted by molar-refractivity contribution is 5.93. The van der Waals surface area contributed by atoms with Crippen LogP contribution in [-0.2, 0) is 23.7 Å². The van der Waals surface area contributed by atoms with Gasteiger partial charge in [-0.2, -0.15) is 0 Å². The predicted octanol–water partition coefficient (Wildman–Crippen LogP) is -0.0735. The molecular weight excluding hydrogens is 380 g/mol. The van der Waals surface area contributed by atoms with Crippen LogP contribution in [0.2, 0.25) is 0 Å². The third-order valence-corrected chi connectivity index (χ3v) is 9.78. The number of hydrogen-bond acceptors (Lipinski definition) is 8. The van der Waals surface area contributed by atoms with Crippen molar-refractivity contribution in [1.29, 1.82) is 0 Å². The van der Waals surface area contributed by atoms with E-state index in [1.54, 1.807) is 0 Å². The maximum atomic E-state index is 12.2. The molecule has 1 unspecified atom stereocenters. The van der Waals surface area contributed by atoms with Crippen LogP contribution in [0.5, 0.6) is 0 Å². The molecule has 0 radical (unpaired) electrons. The second-order valence-corrected chi connectivity index (χ2v) is 10.3. The summed E-state index contributed by atoms with van der Waals surface area (Å²) in [7, 11) is 0. The molecule has 2 saturated carbocycles.